The molecule has 1 aromatic heterocycles. The van der Waals surface area contributed by atoms with Gasteiger partial charge in [-0.3, -0.25) is 9.59 Å². The van der Waals surface area contributed by atoms with Crippen molar-refractivity contribution >= 4 is 22.8 Å². The van der Waals surface area contributed by atoms with Crippen LogP contribution in [0.1, 0.15) is 38.9 Å². The van der Waals surface area contributed by atoms with Gasteiger partial charge in [0, 0.05) is 32.5 Å². The van der Waals surface area contributed by atoms with Gasteiger partial charge in [-0.2, -0.15) is 0 Å². The number of nitrogens with zero attached hydrogens (tertiary/aromatic N) is 3. The molecule has 0 radical (unpaired) electrons. The monoisotopic (exact) mass is 342 g/mol. The summed E-state index contributed by atoms with van der Waals surface area (Å²) in [6.45, 7) is 5.30. The zero-order valence-corrected chi connectivity index (χ0v) is 15.0. The van der Waals surface area contributed by atoms with Crippen LogP contribution in [-0.4, -0.2) is 45.4 Å². The van der Waals surface area contributed by atoms with Crippen molar-refractivity contribution in [1.29, 1.82) is 0 Å². The molecule has 25 heavy (non-hydrogen) atoms. The smallest absolute Gasteiger partial charge is 0.242 e. The number of hydrogen-bond donors (Lipinski definition) is 1. The fourth-order valence-electron chi connectivity index (χ4n) is 3.54. The number of amides is 2. The van der Waals surface area contributed by atoms with Gasteiger partial charge in [-0.25, -0.2) is 4.98 Å². The Morgan fingerprint density at radius 1 is 1.28 bits per heavy atom. The van der Waals surface area contributed by atoms with Crippen LogP contribution in [0.4, 0.5) is 0 Å². The number of aromatic nitrogens is 2. The summed E-state index contributed by atoms with van der Waals surface area (Å²) in [5, 5.41) is 2.80. The third-order valence-electron chi connectivity index (χ3n) is 4.87. The van der Waals surface area contributed by atoms with E-state index in [4.69, 9.17) is 0 Å². The maximum absolute atomic E-state index is 12.9. The highest BCUT2D eigenvalue weighted by atomic mass is 16.2. The second-order valence-corrected chi connectivity index (χ2v) is 6.77. The third kappa shape index (κ3) is 4.00. The van der Waals surface area contributed by atoms with Crippen LogP contribution in [0.25, 0.3) is 11.0 Å². The van der Waals surface area contributed by atoms with Crippen molar-refractivity contribution in [3.8, 4) is 0 Å². The number of fused-ring (bicyclic) bond motifs is 1. The van der Waals surface area contributed by atoms with E-state index < -0.39 is 0 Å². The van der Waals surface area contributed by atoms with Gasteiger partial charge in [-0.1, -0.05) is 12.1 Å². The van der Waals surface area contributed by atoms with E-state index in [-0.39, 0.29) is 11.8 Å². The van der Waals surface area contributed by atoms with Gasteiger partial charge in [0.15, 0.2) is 0 Å². The lowest BCUT2D eigenvalue weighted by Crippen LogP contribution is -2.43. The van der Waals surface area contributed by atoms with E-state index >= 15 is 0 Å². The van der Waals surface area contributed by atoms with Gasteiger partial charge >= 0.3 is 0 Å². The van der Waals surface area contributed by atoms with Crippen molar-refractivity contribution in [2.45, 2.75) is 52.1 Å². The largest absolute Gasteiger partial charge is 0.356 e. The number of rotatable bonds is 5. The van der Waals surface area contributed by atoms with Crippen LogP contribution in [0, 0.1) is 0 Å². The number of imidazole rings is 1. The van der Waals surface area contributed by atoms with Crippen LogP contribution in [0.2, 0.25) is 0 Å². The molecule has 2 heterocycles. The van der Waals surface area contributed by atoms with E-state index in [1.54, 1.807) is 0 Å². The van der Waals surface area contributed by atoms with Gasteiger partial charge in [0.25, 0.3) is 0 Å². The van der Waals surface area contributed by atoms with Crippen LogP contribution in [-0.2, 0) is 22.6 Å². The number of hydrogen-bond acceptors (Lipinski definition) is 3. The van der Waals surface area contributed by atoms with Gasteiger partial charge < -0.3 is 14.8 Å². The Morgan fingerprint density at radius 3 is 2.84 bits per heavy atom. The first-order valence-electron chi connectivity index (χ1n) is 9.04. The Bertz CT molecular complexity index is 768. The van der Waals surface area contributed by atoms with Crippen molar-refractivity contribution in [3.63, 3.8) is 0 Å². The molecule has 6 nitrogen and oxygen atoms in total. The molecule has 1 fully saturated rings. The number of carbonyl (C=O) groups is 2. The highest BCUT2D eigenvalue weighted by Crippen LogP contribution is 2.20. The van der Waals surface area contributed by atoms with Crippen molar-refractivity contribution in [1.82, 2.24) is 19.8 Å². The lowest BCUT2D eigenvalue weighted by molar-refractivity contribution is -0.135. The second kappa shape index (κ2) is 7.68. The molecule has 1 aliphatic rings. The minimum absolute atomic E-state index is 0.0547. The molecule has 134 valence electrons. The van der Waals surface area contributed by atoms with Crippen molar-refractivity contribution in [2.24, 2.45) is 0 Å². The first-order chi connectivity index (χ1) is 12.1. The molecular formula is C19H26N4O2. The third-order valence-corrected chi connectivity index (χ3v) is 4.87. The average molecular weight is 342 g/mol. The summed E-state index contributed by atoms with van der Waals surface area (Å²) in [6, 6.07) is 8.18. The fourth-order valence-corrected chi connectivity index (χ4v) is 3.54. The molecule has 1 saturated heterocycles. The summed E-state index contributed by atoms with van der Waals surface area (Å²) >= 11 is 0. The number of piperidine rings is 1. The standard InChI is InChI=1S/C19H26N4O2/c1-14-7-5-6-12-22(14)19(25)13-23-17-9-4-3-8-16(17)21-18(23)10-11-20-15(2)24/h3-4,8-9,14H,5-7,10-13H2,1-2H3,(H,20,24). The van der Waals surface area contributed by atoms with Crippen molar-refractivity contribution < 1.29 is 9.59 Å². The summed E-state index contributed by atoms with van der Waals surface area (Å²) < 4.78 is 2.00. The van der Waals surface area contributed by atoms with Crippen LogP contribution in [0.15, 0.2) is 24.3 Å². The predicted molar refractivity (Wildman–Crippen MR) is 97.1 cm³/mol. The molecule has 2 amide bonds. The van der Waals surface area contributed by atoms with E-state index in [1.165, 1.54) is 13.3 Å². The minimum atomic E-state index is -0.0547. The lowest BCUT2D eigenvalue weighted by atomic mass is 10.0. The van der Waals surface area contributed by atoms with Gasteiger partial charge in [0.05, 0.1) is 11.0 Å². The number of carbonyl (C=O) groups excluding carboxylic acids is 2. The lowest BCUT2D eigenvalue weighted by Gasteiger charge is -2.33. The Balaban J connectivity index is 1.82. The highest BCUT2D eigenvalue weighted by Gasteiger charge is 2.24. The Morgan fingerprint density at radius 2 is 2.08 bits per heavy atom. The van der Waals surface area contributed by atoms with E-state index in [0.29, 0.717) is 25.6 Å². The fraction of sp³-hybridized carbons (Fsp3) is 0.526. The molecule has 2 aromatic rings. The molecule has 0 bridgehead atoms. The highest BCUT2D eigenvalue weighted by molar-refractivity contribution is 5.81. The molecule has 1 N–H and O–H groups in total. The maximum atomic E-state index is 12.9. The Hall–Kier alpha value is -2.37. The Labute approximate surface area is 148 Å². The molecule has 0 aliphatic carbocycles. The molecule has 1 aromatic carbocycles. The predicted octanol–water partition coefficient (Wildman–Crippen LogP) is 2.12. The number of likely N-dealkylation sites (tertiary alicyclic amines) is 1. The molecule has 1 atom stereocenters. The SMILES string of the molecule is CC(=O)NCCc1nc2ccccc2n1CC(=O)N1CCCCC1C. The van der Waals surface area contributed by atoms with Crippen LogP contribution in [0.3, 0.4) is 0 Å². The van der Waals surface area contributed by atoms with E-state index in [9.17, 15) is 9.59 Å². The minimum Gasteiger partial charge on any atom is -0.356 e. The number of benzene rings is 1. The van der Waals surface area contributed by atoms with Crippen molar-refractivity contribution in [2.75, 3.05) is 13.1 Å². The summed E-state index contributed by atoms with van der Waals surface area (Å²) in [6.07, 6.45) is 3.96. The Kier molecular flexibility index (Phi) is 5.36. The quantitative estimate of drug-likeness (QED) is 0.905. The maximum Gasteiger partial charge on any atom is 0.242 e. The van der Waals surface area contributed by atoms with Crippen LogP contribution < -0.4 is 5.32 Å². The first kappa shape index (κ1) is 17.5. The summed E-state index contributed by atoms with van der Waals surface area (Å²) in [7, 11) is 0. The normalized spacial score (nSPS) is 17.7. The molecule has 1 unspecified atom stereocenters. The zero-order chi connectivity index (χ0) is 17.8. The van der Waals surface area contributed by atoms with Crippen molar-refractivity contribution in [3.05, 3.63) is 30.1 Å². The number of nitrogens with one attached hydrogen (secondary N) is 1. The molecule has 1 aliphatic heterocycles. The molecule has 0 saturated carbocycles. The average Bonchev–Trinajstić information content (AvgIpc) is 2.93. The van der Waals surface area contributed by atoms with Crippen LogP contribution >= 0.6 is 0 Å². The van der Waals surface area contributed by atoms with Gasteiger partial charge in [-0.15, -0.1) is 0 Å². The molecular weight excluding hydrogens is 316 g/mol. The first-order valence-corrected chi connectivity index (χ1v) is 9.04. The number of para-hydroxylation sites is 2. The van der Waals surface area contributed by atoms with E-state index in [1.807, 2.05) is 33.7 Å². The zero-order valence-electron chi connectivity index (χ0n) is 15.0. The summed E-state index contributed by atoms with van der Waals surface area (Å²) in [5.74, 6) is 0.935. The van der Waals surface area contributed by atoms with Gasteiger partial charge in [-0.05, 0) is 38.3 Å². The van der Waals surface area contributed by atoms with Crippen LogP contribution in [0.5, 0.6) is 0 Å². The summed E-state index contributed by atoms with van der Waals surface area (Å²) in [4.78, 5) is 30.6. The molecule has 6 heteroatoms. The second-order valence-electron chi connectivity index (χ2n) is 6.77. The summed E-state index contributed by atoms with van der Waals surface area (Å²) in [5.41, 5.74) is 1.86. The topological polar surface area (TPSA) is 67.2 Å². The molecule has 0 spiro atoms. The van der Waals surface area contributed by atoms with Gasteiger partial charge in [0.1, 0.15) is 12.4 Å². The van der Waals surface area contributed by atoms with Gasteiger partial charge in [0.2, 0.25) is 11.8 Å². The van der Waals surface area contributed by atoms with E-state index in [2.05, 4.69) is 17.2 Å². The molecule has 3 rings (SSSR count). The van der Waals surface area contributed by atoms with E-state index in [0.717, 1.165) is 36.2 Å².